The summed E-state index contributed by atoms with van der Waals surface area (Å²) in [7, 11) is 0. The number of hydrogen-bond donors (Lipinski definition) is 0. The Balaban J connectivity index is 1.66. The summed E-state index contributed by atoms with van der Waals surface area (Å²) in [6, 6.07) is 9.31. The molecule has 1 aliphatic heterocycles. The smallest absolute Gasteiger partial charge is 0.270 e. The minimum Gasteiger partial charge on any atom is -0.487 e. The normalized spacial score (nSPS) is 16.4. The van der Waals surface area contributed by atoms with Crippen LogP contribution in [-0.2, 0) is 0 Å². The van der Waals surface area contributed by atoms with Crippen molar-refractivity contribution in [3.05, 3.63) is 53.8 Å². The highest BCUT2D eigenvalue weighted by atomic mass is 32.1. The second-order valence-corrected chi connectivity index (χ2v) is 6.44. The zero-order valence-corrected chi connectivity index (χ0v) is 13.7. The van der Waals surface area contributed by atoms with Crippen LogP contribution in [0.5, 0.6) is 5.75 Å². The second kappa shape index (κ2) is 6.01. The molecule has 2 aromatic heterocycles. The van der Waals surface area contributed by atoms with Gasteiger partial charge in [-0.25, -0.2) is 15.0 Å². The predicted molar refractivity (Wildman–Crippen MR) is 91.3 cm³/mol. The van der Waals surface area contributed by atoms with Crippen LogP contribution < -0.4 is 9.64 Å². The van der Waals surface area contributed by atoms with Gasteiger partial charge < -0.3 is 9.64 Å². The molecule has 0 aliphatic carbocycles. The van der Waals surface area contributed by atoms with Crippen molar-refractivity contribution in [3.8, 4) is 16.6 Å². The average molecular weight is 338 g/mol. The maximum Gasteiger partial charge on any atom is 0.270 e. The Kier molecular flexibility index (Phi) is 3.70. The van der Waals surface area contributed by atoms with Crippen molar-refractivity contribution >= 4 is 22.9 Å². The number of rotatable bonds is 2. The van der Waals surface area contributed by atoms with Crippen molar-refractivity contribution in [2.24, 2.45) is 0 Å². The maximum atomic E-state index is 13.0. The molecule has 1 unspecified atom stereocenters. The number of carbonyl (C=O) groups is 1. The maximum absolute atomic E-state index is 13.0. The summed E-state index contributed by atoms with van der Waals surface area (Å²) in [5, 5.41) is 0.633. The number of benzene rings is 1. The highest BCUT2D eigenvalue weighted by Gasteiger charge is 2.29. The molecule has 6 nitrogen and oxygen atoms in total. The summed E-state index contributed by atoms with van der Waals surface area (Å²) < 4.78 is 5.80. The van der Waals surface area contributed by atoms with Gasteiger partial charge in [0.2, 0.25) is 0 Å². The zero-order chi connectivity index (χ0) is 16.5. The van der Waals surface area contributed by atoms with Gasteiger partial charge in [0.25, 0.3) is 5.91 Å². The number of hydrogen-bond acceptors (Lipinski definition) is 6. The summed E-state index contributed by atoms with van der Waals surface area (Å²) >= 11 is 1.30. The van der Waals surface area contributed by atoms with Crippen LogP contribution in [0, 0.1) is 0 Å². The minimum absolute atomic E-state index is 0.0614. The van der Waals surface area contributed by atoms with E-state index in [4.69, 9.17) is 4.74 Å². The Morgan fingerprint density at radius 3 is 2.83 bits per heavy atom. The Bertz CT molecular complexity index is 881. The predicted octanol–water partition coefficient (Wildman–Crippen LogP) is 3.03. The highest BCUT2D eigenvalue weighted by molar-refractivity contribution is 7.16. The third-order valence-corrected chi connectivity index (χ3v) is 4.62. The van der Waals surface area contributed by atoms with E-state index >= 15 is 0 Å². The van der Waals surface area contributed by atoms with E-state index in [-0.39, 0.29) is 12.0 Å². The number of thiazole rings is 1. The molecule has 1 aliphatic rings. The van der Waals surface area contributed by atoms with Crippen LogP contribution in [0.15, 0.2) is 48.9 Å². The van der Waals surface area contributed by atoms with Crippen LogP contribution in [0.3, 0.4) is 0 Å². The van der Waals surface area contributed by atoms with Crippen LogP contribution in [0.25, 0.3) is 10.8 Å². The zero-order valence-electron chi connectivity index (χ0n) is 12.9. The van der Waals surface area contributed by atoms with Crippen molar-refractivity contribution in [3.63, 3.8) is 0 Å². The summed E-state index contributed by atoms with van der Waals surface area (Å²) in [5.41, 5.74) is 0.784. The first kappa shape index (κ1) is 14.8. The third kappa shape index (κ3) is 2.63. The van der Waals surface area contributed by atoms with Crippen LogP contribution in [0.1, 0.15) is 16.6 Å². The lowest BCUT2D eigenvalue weighted by Gasteiger charge is -2.33. The monoisotopic (exact) mass is 338 g/mol. The van der Waals surface area contributed by atoms with Gasteiger partial charge in [0, 0.05) is 12.4 Å². The molecule has 0 fully saturated rings. The number of fused-ring (bicyclic) bond motifs is 1. The molecular formula is C17H14N4O2S. The number of nitrogens with zero attached hydrogens (tertiary/aromatic N) is 4. The summed E-state index contributed by atoms with van der Waals surface area (Å²) in [6.07, 6.45) is 4.84. The molecule has 1 atom stereocenters. The van der Waals surface area contributed by atoms with Crippen molar-refractivity contribution in [2.45, 2.75) is 13.0 Å². The van der Waals surface area contributed by atoms with E-state index in [2.05, 4.69) is 15.0 Å². The van der Waals surface area contributed by atoms with Gasteiger partial charge in [-0.2, -0.15) is 0 Å². The SMILES string of the molecule is CC1CN(C(=O)c2cnc(-c3ncccn3)s2)c2ccccc2O1. The Morgan fingerprint density at radius 1 is 1.21 bits per heavy atom. The van der Waals surface area contributed by atoms with E-state index < -0.39 is 0 Å². The highest BCUT2D eigenvalue weighted by Crippen LogP contribution is 2.35. The molecule has 3 aromatic rings. The van der Waals surface area contributed by atoms with E-state index in [0.717, 1.165) is 11.4 Å². The molecular weight excluding hydrogens is 324 g/mol. The number of para-hydroxylation sites is 2. The van der Waals surface area contributed by atoms with Gasteiger partial charge in [0.15, 0.2) is 10.8 Å². The number of amides is 1. The van der Waals surface area contributed by atoms with Crippen LogP contribution in [-0.4, -0.2) is 33.5 Å². The van der Waals surface area contributed by atoms with E-state index in [1.165, 1.54) is 11.3 Å². The number of carbonyl (C=O) groups excluding carboxylic acids is 1. The molecule has 0 spiro atoms. The van der Waals surface area contributed by atoms with Gasteiger partial charge in [-0.3, -0.25) is 4.79 Å². The molecule has 3 heterocycles. The molecule has 1 aromatic carbocycles. The molecule has 1 amide bonds. The van der Waals surface area contributed by atoms with Gasteiger partial charge in [0.1, 0.15) is 16.7 Å². The van der Waals surface area contributed by atoms with Crippen LogP contribution in [0.2, 0.25) is 0 Å². The van der Waals surface area contributed by atoms with Gasteiger partial charge in [-0.1, -0.05) is 12.1 Å². The quantitative estimate of drug-likeness (QED) is 0.718. The summed E-state index contributed by atoms with van der Waals surface area (Å²) in [5.74, 6) is 1.16. The van der Waals surface area contributed by atoms with E-state index in [1.54, 1.807) is 29.6 Å². The minimum atomic E-state index is -0.0859. The molecule has 0 bridgehead atoms. The van der Waals surface area contributed by atoms with Gasteiger partial charge in [-0.05, 0) is 25.1 Å². The number of aromatic nitrogens is 3. The van der Waals surface area contributed by atoms with E-state index in [0.29, 0.717) is 22.3 Å². The third-order valence-electron chi connectivity index (χ3n) is 3.64. The first-order chi connectivity index (χ1) is 11.7. The van der Waals surface area contributed by atoms with Gasteiger partial charge in [-0.15, -0.1) is 11.3 Å². The van der Waals surface area contributed by atoms with Crippen molar-refractivity contribution in [1.82, 2.24) is 15.0 Å². The van der Waals surface area contributed by atoms with Crippen molar-refractivity contribution < 1.29 is 9.53 Å². The fourth-order valence-corrected chi connectivity index (χ4v) is 3.41. The van der Waals surface area contributed by atoms with E-state index in [1.807, 2.05) is 31.2 Å². The van der Waals surface area contributed by atoms with E-state index in [9.17, 15) is 4.79 Å². The summed E-state index contributed by atoms with van der Waals surface area (Å²) in [6.45, 7) is 2.46. The summed E-state index contributed by atoms with van der Waals surface area (Å²) in [4.78, 5) is 27.9. The fraction of sp³-hybridized carbons (Fsp3) is 0.176. The lowest BCUT2D eigenvalue weighted by molar-refractivity contribution is 0.0965. The van der Waals surface area contributed by atoms with Gasteiger partial charge in [0.05, 0.1) is 18.4 Å². The average Bonchev–Trinajstić information content (AvgIpc) is 3.11. The molecule has 7 heteroatoms. The molecule has 0 N–H and O–H groups in total. The van der Waals surface area contributed by atoms with Crippen molar-refractivity contribution in [1.29, 1.82) is 0 Å². The molecule has 24 heavy (non-hydrogen) atoms. The van der Waals surface area contributed by atoms with Gasteiger partial charge >= 0.3 is 0 Å². The lowest BCUT2D eigenvalue weighted by Crippen LogP contribution is -2.42. The lowest BCUT2D eigenvalue weighted by atomic mass is 10.2. The molecule has 4 rings (SSSR count). The van der Waals surface area contributed by atoms with Crippen LogP contribution >= 0.6 is 11.3 Å². The fourth-order valence-electron chi connectivity index (χ4n) is 2.60. The number of ether oxygens (including phenoxy) is 1. The molecule has 0 radical (unpaired) electrons. The second-order valence-electron chi connectivity index (χ2n) is 5.41. The molecule has 120 valence electrons. The Labute approximate surface area is 142 Å². The van der Waals surface area contributed by atoms with Crippen LogP contribution in [0.4, 0.5) is 5.69 Å². The Morgan fingerprint density at radius 2 is 2.00 bits per heavy atom. The first-order valence-corrected chi connectivity index (χ1v) is 8.35. The largest absolute Gasteiger partial charge is 0.487 e. The topological polar surface area (TPSA) is 68.2 Å². The number of anilines is 1. The first-order valence-electron chi connectivity index (χ1n) is 7.53. The standard InChI is InChI=1S/C17H14N4O2S/c1-11-10-21(12-5-2-3-6-13(12)23-11)17(22)14-9-20-16(24-14)15-18-7-4-8-19-15/h2-9,11H,10H2,1H3. The molecule has 0 saturated carbocycles. The Hall–Kier alpha value is -2.80. The van der Waals surface area contributed by atoms with Crippen molar-refractivity contribution in [2.75, 3.05) is 11.4 Å². The molecule has 0 saturated heterocycles.